The predicted molar refractivity (Wildman–Crippen MR) is 121 cm³/mol. The van der Waals surface area contributed by atoms with Crippen molar-refractivity contribution in [2.24, 2.45) is 5.92 Å². The van der Waals surface area contributed by atoms with Crippen LogP contribution in [0.5, 0.6) is 0 Å². The van der Waals surface area contributed by atoms with Crippen molar-refractivity contribution in [1.29, 1.82) is 0 Å². The summed E-state index contributed by atoms with van der Waals surface area (Å²) in [7, 11) is 0. The van der Waals surface area contributed by atoms with E-state index in [1.807, 2.05) is 12.4 Å². The summed E-state index contributed by atoms with van der Waals surface area (Å²) in [6.07, 6.45) is 10.3. The van der Waals surface area contributed by atoms with Crippen molar-refractivity contribution in [1.82, 2.24) is 24.7 Å². The lowest BCUT2D eigenvalue weighted by Crippen LogP contribution is -2.54. The number of rotatable bonds is 4. The van der Waals surface area contributed by atoms with Gasteiger partial charge in [-0.3, -0.25) is 14.6 Å². The number of fused-ring (bicyclic) bond motifs is 1. The number of carbonyl (C=O) groups is 1. The summed E-state index contributed by atoms with van der Waals surface area (Å²) < 4.78 is 0. The van der Waals surface area contributed by atoms with Gasteiger partial charge >= 0.3 is 0 Å². The average Bonchev–Trinajstić information content (AvgIpc) is 3.25. The fraction of sp³-hybridized carbons (Fsp3) is 0.560. The highest BCUT2D eigenvalue weighted by Crippen LogP contribution is 2.30. The Kier molecular flexibility index (Phi) is 6.01. The molecule has 1 saturated heterocycles. The lowest BCUT2D eigenvalue weighted by atomic mass is 9.95. The van der Waals surface area contributed by atoms with Gasteiger partial charge in [-0.25, -0.2) is 9.97 Å². The summed E-state index contributed by atoms with van der Waals surface area (Å²) >= 11 is 0. The van der Waals surface area contributed by atoms with E-state index < -0.39 is 0 Å². The smallest absolute Gasteiger partial charge is 0.236 e. The number of hydrogen-bond donors (Lipinski definition) is 0. The molecule has 1 aliphatic carbocycles. The van der Waals surface area contributed by atoms with Gasteiger partial charge in [0.2, 0.25) is 5.91 Å². The van der Waals surface area contributed by atoms with Crippen molar-refractivity contribution in [3.05, 3.63) is 48.0 Å². The molecule has 2 aromatic rings. The van der Waals surface area contributed by atoms with E-state index in [2.05, 4.69) is 49.8 Å². The molecular formula is C25H33N5O. The second-order valence-electron chi connectivity index (χ2n) is 9.46. The Balaban J connectivity index is 1.15. The van der Waals surface area contributed by atoms with Gasteiger partial charge in [0.1, 0.15) is 6.33 Å². The molecule has 164 valence electrons. The van der Waals surface area contributed by atoms with Crippen LogP contribution in [-0.4, -0.2) is 75.9 Å². The molecule has 3 aliphatic rings. The zero-order chi connectivity index (χ0) is 21.2. The van der Waals surface area contributed by atoms with Crippen LogP contribution in [-0.2, 0) is 17.8 Å². The van der Waals surface area contributed by atoms with Crippen LogP contribution >= 0.6 is 0 Å². The van der Waals surface area contributed by atoms with E-state index in [0.717, 1.165) is 63.2 Å². The minimum atomic E-state index is 0.292. The number of aromatic nitrogens is 2. The van der Waals surface area contributed by atoms with Gasteiger partial charge in [0.05, 0.1) is 6.54 Å². The Labute approximate surface area is 185 Å². The fourth-order valence-electron chi connectivity index (χ4n) is 5.64. The average molecular weight is 420 g/mol. The van der Waals surface area contributed by atoms with E-state index in [-0.39, 0.29) is 0 Å². The summed E-state index contributed by atoms with van der Waals surface area (Å²) in [6, 6.07) is 7.35. The Bertz CT molecular complexity index is 909. The summed E-state index contributed by atoms with van der Waals surface area (Å²) in [4.78, 5) is 28.2. The van der Waals surface area contributed by atoms with Crippen molar-refractivity contribution in [3.63, 3.8) is 0 Å². The molecule has 1 aromatic heterocycles. The molecule has 6 heteroatoms. The molecule has 31 heavy (non-hydrogen) atoms. The molecule has 2 unspecified atom stereocenters. The molecule has 0 spiro atoms. The Morgan fingerprint density at radius 3 is 2.55 bits per heavy atom. The molecule has 5 rings (SSSR count). The Hall–Kier alpha value is -2.31. The molecule has 2 fully saturated rings. The molecule has 1 aromatic carbocycles. The minimum absolute atomic E-state index is 0.292. The van der Waals surface area contributed by atoms with Crippen molar-refractivity contribution in [3.8, 4) is 11.1 Å². The molecule has 0 bridgehead atoms. The highest BCUT2D eigenvalue weighted by Gasteiger charge is 2.32. The predicted octanol–water partition coefficient (Wildman–Crippen LogP) is 2.83. The number of carbonyl (C=O) groups excluding carboxylic acids is 1. The third-order valence-electron chi connectivity index (χ3n) is 7.50. The van der Waals surface area contributed by atoms with Crippen molar-refractivity contribution < 1.29 is 4.79 Å². The fourth-order valence-corrected chi connectivity index (χ4v) is 5.64. The van der Waals surface area contributed by atoms with Crippen LogP contribution in [0.15, 0.2) is 36.9 Å². The summed E-state index contributed by atoms with van der Waals surface area (Å²) in [5.74, 6) is 1.10. The third-order valence-corrected chi connectivity index (χ3v) is 7.50. The number of hydrogen-bond acceptors (Lipinski definition) is 5. The monoisotopic (exact) mass is 419 g/mol. The zero-order valence-electron chi connectivity index (χ0n) is 18.5. The van der Waals surface area contributed by atoms with Gasteiger partial charge in [-0.15, -0.1) is 0 Å². The normalized spacial score (nSPS) is 24.9. The first-order valence-corrected chi connectivity index (χ1v) is 11.8. The van der Waals surface area contributed by atoms with E-state index in [9.17, 15) is 4.79 Å². The van der Waals surface area contributed by atoms with Crippen LogP contribution in [0.1, 0.15) is 37.3 Å². The van der Waals surface area contributed by atoms with Crippen molar-refractivity contribution in [2.45, 2.75) is 45.2 Å². The first-order chi connectivity index (χ1) is 15.2. The minimum Gasteiger partial charge on any atom is -0.339 e. The lowest BCUT2D eigenvalue weighted by molar-refractivity contribution is -0.134. The van der Waals surface area contributed by atoms with Crippen LogP contribution in [0, 0.1) is 5.92 Å². The molecule has 1 saturated carbocycles. The summed E-state index contributed by atoms with van der Waals surface area (Å²) in [6.45, 7) is 8.56. The highest BCUT2D eigenvalue weighted by molar-refractivity contribution is 5.78. The molecule has 2 aliphatic heterocycles. The van der Waals surface area contributed by atoms with Gasteiger partial charge in [-0.05, 0) is 41.9 Å². The van der Waals surface area contributed by atoms with Crippen LogP contribution in [0.25, 0.3) is 11.1 Å². The largest absolute Gasteiger partial charge is 0.339 e. The molecule has 0 radical (unpaired) electrons. The molecule has 0 N–H and O–H groups in total. The zero-order valence-corrected chi connectivity index (χ0v) is 18.5. The van der Waals surface area contributed by atoms with E-state index >= 15 is 0 Å². The van der Waals surface area contributed by atoms with Gasteiger partial charge < -0.3 is 4.90 Å². The highest BCUT2D eigenvalue weighted by atomic mass is 16.2. The number of benzene rings is 1. The maximum Gasteiger partial charge on any atom is 0.236 e. The Morgan fingerprint density at radius 1 is 1.00 bits per heavy atom. The van der Waals surface area contributed by atoms with Crippen LogP contribution < -0.4 is 0 Å². The molecular weight excluding hydrogens is 386 g/mol. The lowest BCUT2D eigenvalue weighted by Gasteiger charge is -2.40. The SMILES string of the molecule is CC1CCCC1N1CCN(C(=O)CN2CCc3cc(-c4cncnc4)ccc3C2)CC1. The quantitative estimate of drug-likeness (QED) is 0.763. The first-order valence-electron chi connectivity index (χ1n) is 11.8. The number of amides is 1. The molecule has 2 atom stereocenters. The second-order valence-corrected chi connectivity index (χ2v) is 9.46. The van der Waals surface area contributed by atoms with E-state index in [0.29, 0.717) is 12.5 Å². The first kappa shape index (κ1) is 20.6. The topological polar surface area (TPSA) is 52.6 Å². The van der Waals surface area contributed by atoms with Gasteiger partial charge in [-0.1, -0.05) is 31.5 Å². The molecule has 3 heterocycles. The van der Waals surface area contributed by atoms with Crippen molar-refractivity contribution >= 4 is 5.91 Å². The van der Waals surface area contributed by atoms with Crippen LogP contribution in [0.4, 0.5) is 0 Å². The van der Waals surface area contributed by atoms with Gasteiger partial charge in [-0.2, -0.15) is 0 Å². The standard InChI is InChI=1S/C25H33N5O/c1-19-3-2-4-24(19)29-9-11-30(12-10-29)25(31)17-28-8-7-21-13-20(5-6-22(21)16-28)23-14-26-18-27-15-23/h5-6,13-15,18-19,24H,2-4,7-12,16-17H2,1H3. The summed E-state index contributed by atoms with van der Waals surface area (Å²) in [5, 5.41) is 0. The van der Waals surface area contributed by atoms with Gasteiger partial charge in [0, 0.05) is 63.3 Å². The second kappa shape index (κ2) is 9.05. The van der Waals surface area contributed by atoms with Crippen molar-refractivity contribution in [2.75, 3.05) is 39.3 Å². The molecule has 6 nitrogen and oxygen atoms in total. The number of piperazine rings is 1. The maximum absolute atomic E-state index is 13.0. The van der Waals surface area contributed by atoms with Crippen LogP contribution in [0.2, 0.25) is 0 Å². The number of nitrogens with zero attached hydrogens (tertiary/aromatic N) is 5. The summed E-state index contributed by atoms with van der Waals surface area (Å²) in [5.41, 5.74) is 4.93. The van der Waals surface area contributed by atoms with E-state index in [1.165, 1.54) is 36.0 Å². The van der Waals surface area contributed by atoms with Gasteiger partial charge in [0.25, 0.3) is 0 Å². The van der Waals surface area contributed by atoms with Gasteiger partial charge in [0.15, 0.2) is 0 Å². The van der Waals surface area contributed by atoms with Crippen LogP contribution in [0.3, 0.4) is 0 Å². The molecule has 1 amide bonds. The van der Waals surface area contributed by atoms with E-state index in [4.69, 9.17) is 0 Å². The maximum atomic E-state index is 13.0. The van der Waals surface area contributed by atoms with E-state index in [1.54, 1.807) is 6.33 Å². The third kappa shape index (κ3) is 4.51. The Morgan fingerprint density at radius 2 is 1.81 bits per heavy atom.